The quantitative estimate of drug-likeness (QED) is 0.362. The predicted molar refractivity (Wildman–Crippen MR) is 50.7 cm³/mol. The highest BCUT2D eigenvalue weighted by Crippen LogP contribution is 2.07. The molecule has 0 aromatic carbocycles. The SMILES string of the molecule is C=C(C)C(=O)O[C](C)OCCCC. The van der Waals surface area contributed by atoms with E-state index in [4.69, 9.17) is 9.47 Å². The van der Waals surface area contributed by atoms with Gasteiger partial charge in [-0.15, -0.1) is 0 Å². The Morgan fingerprint density at radius 2 is 2.00 bits per heavy atom. The lowest BCUT2D eigenvalue weighted by Gasteiger charge is -2.11. The highest BCUT2D eigenvalue weighted by molar-refractivity contribution is 5.87. The van der Waals surface area contributed by atoms with Crippen LogP contribution in [0.5, 0.6) is 0 Å². The van der Waals surface area contributed by atoms with Gasteiger partial charge in [0.05, 0.1) is 6.61 Å². The molecule has 3 heteroatoms. The summed E-state index contributed by atoms with van der Waals surface area (Å²) in [6.45, 7) is 9.34. The van der Waals surface area contributed by atoms with E-state index in [0.29, 0.717) is 18.5 Å². The van der Waals surface area contributed by atoms with Crippen LogP contribution in [0.2, 0.25) is 0 Å². The van der Waals surface area contributed by atoms with Gasteiger partial charge in [0, 0.05) is 12.5 Å². The molecule has 0 bridgehead atoms. The second kappa shape index (κ2) is 6.66. The first-order chi connectivity index (χ1) is 6.07. The zero-order chi connectivity index (χ0) is 10.3. The molecule has 0 aromatic rings. The minimum atomic E-state index is -0.436. The van der Waals surface area contributed by atoms with E-state index in [9.17, 15) is 4.79 Å². The molecule has 0 aliphatic heterocycles. The van der Waals surface area contributed by atoms with Crippen molar-refractivity contribution in [2.24, 2.45) is 0 Å². The van der Waals surface area contributed by atoms with Crippen LogP contribution in [0.15, 0.2) is 12.2 Å². The standard InChI is InChI=1S/C10H17O3/c1-5-6-7-12-9(4)13-10(11)8(2)3/h2,5-7H2,1,3-4H3. The van der Waals surface area contributed by atoms with Crippen molar-refractivity contribution in [3.63, 3.8) is 0 Å². The van der Waals surface area contributed by atoms with Crippen molar-refractivity contribution >= 4 is 5.97 Å². The first-order valence-corrected chi connectivity index (χ1v) is 4.42. The average Bonchev–Trinajstić information content (AvgIpc) is 2.04. The Bertz CT molecular complexity index is 175. The predicted octanol–water partition coefficient (Wildman–Crippen LogP) is 2.43. The average molecular weight is 185 g/mol. The van der Waals surface area contributed by atoms with Crippen LogP contribution in [0.1, 0.15) is 33.6 Å². The Labute approximate surface area is 79.7 Å². The van der Waals surface area contributed by atoms with E-state index in [1.807, 2.05) is 0 Å². The van der Waals surface area contributed by atoms with Crippen molar-refractivity contribution in [3.05, 3.63) is 18.4 Å². The summed E-state index contributed by atoms with van der Waals surface area (Å²) in [4.78, 5) is 11.0. The highest BCUT2D eigenvalue weighted by Gasteiger charge is 2.11. The van der Waals surface area contributed by atoms with Crippen LogP contribution in [-0.2, 0) is 14.3 Å². The van der Waals surface area contributed by atoms with Gasteiger partial charge in [-0.3, -0.25) is 0 Å². The number of unbranched alkanes of at least 4 members (excludes halogenated alkanes) is 1. The number of ether oxygens (including phenoxy) is 2. The highest BCUT2D eigenvalue weighted by atomic mass is 16.7. The molecule has 0 aliphatic rings. The van der Waals surface area contributed by atoms with Gasteiger partial charge in [-0.2, -0.15) is 0 Å². The summed E-state index contributed by atoms with van der Waals surface area (Å²) >= 11 is 0. The maximum atomic E-state index is 11.0. The van der Waals surface area contributed by atoms with Crippen LogP contribution in [0.3, 0.4) is 0 Å². The summed E-state index contributed by atoms with van der Waals surface area (Å²) in [5.74, 6) is -0.436. The van der Waals surface area contributed by atoms with Crippen molar-refractivity contribution in [3.8, 4) is 0 Å². The Morgan fingerprint density at radius 1 is 1.38 bits per heavy atom. The van der Waals surface area contributed by atoms with Gasteiger partial charge in [-0.1, -0.05) is 19.9 Å². The number of esters is 1. The molecule has 0 atom stereocenters. The van der Waals surface area contributed by atoms with Crippen LogP contribution in [-0.4, -0.2) is 12.6 Å². The molecule has 0 heterocycles. The van der Waals surface area contributed by atoms with E-state index in [2.05, 4.69) is 13.5 Å². The Hall–Kier alpha value is -0.830. The second-order valence-electron chi connectivity index (χ2n) is 2.86. The van der Waals surface area contributed by atoms with E-state index in [-0.39, 0.29) is 0 Å². The smallest absolute Gasteiger partial charge is 0.335 e. The summed E-state index contributed by atoms with van der Waals surface area (Å²) in [5.41, 5.74) is 0.374. The number of carbonyl (C=O) groups excluding carboxylic acids is 1. The van der Waals surface area contributed by atoms with Gasteiger partial charge in [0.25, 0.3) is 6.29 Å². The third-order valence-electron chi connectivity index (χ3n) is 1.39. The van der Waals surface area contributed by atoms with E-state index in [1.54, 1.807) is 13.8 Å². The van der Waals surface area contributed by atoms with Crippen molar-refractivity contribution in [2.45, 2.75) is 33.6 Å². The van der Waals surface area contributed by atoms with Crippen molar-refractivity contribution in [2.75, 3.05) is 6.61 Å². The van der Waals surface area contributed by atoms with Gasteiger partial charge in [0.2, 0.25) is 0 Å². The fraction of sp³-hybridized carbons (Fsp3) is 0.600. The molecule has 13 heavy (non-hydrogen) atoms. The molecule has 0 fully saturated rings. The monoisotopic (exact) mass is 185 g/mol. The summed E-state index contributed by atoms with van der Waals surface area (Å²) < 4.78 is 9.95. The molecule has 0 aliphatic carbocycles. The van der Waals surface area contributed by atoms with Gasteiger partial charge in [0.15, 0.2) is 0 Å². The maximum Gasteiger partial charge on any atom is 0.335 e. The van der Waals surface area contributed by atoms with E-state index < -0.39 is 5.97 Å². The van der Waals surface area contributed by atoms with Crippen LogP contribution in [0.25, 0.3) is 0 Å². The molecule has 3 nitrogen and oxygen atoms in total. The Balaban J connectivity index is 3.55. The van der Waals surface area contributed by atoms with Gasteiger partial charge in [-0.25, -0.2) is 4.79 Å². The number of hydrogen-bond acceptors (Lipinski definition) is 3. The molecule has 75 valence electrons. The normalized spacial score (nSPS) is 10.2. The number of hydrogen-bond donors (Lipinski definition) is 0. The van der Waals surface area contributed by atoms with Crippen LogP contribution < -0.4 is 0 Å². The molecule has 1 radical (unpaired) electrons. The third kappa shape index (κ3) is 6.34. The molecule has 0 amide bonds. The van der Waals surface area contributed by atoms with Crippen molar-refractivity contribution in [1.29, 1.82) is 0 Å². The maximum absolute atomic E-state index is 11.0. The first kappa shape index (κ1) is 12.2. The lowest BCUT2D eigenvalue weighted by Crippen LogP contribution is -2.12. The summed E-state index contributed by atoms with van der Waals surface area (Å²) in [6.07, 6.45) is 2.31. The zero-order valence-corrected chi connectivity index (χ0v) is 8.55. The molecule has 0 N–H and O–H groups in total. The minimum Gasteiger partial charge on any atom is -0.423 e. The molecular weight excluding hydrogens is 168 g/mol. The van der Waals surface area contributed by atoms with Gasteiger partial charge in [-0.05, 0) is 13.3 Å². The molecule has 0 spiro atoms. The van der Waals surface area contributed by atoms with Crippen LogP contribution in [0.4, 0.5) is 0 Å². The summed E-state index contributed by atoms with van der Waals surface area (Å²) in [7, 11) is 0. The molecule has 0 unspecified atom stereocenters. The minimum absolute atomic E-state index is 0.293. The lowest BCUT2D eigenvalue weighted by atomic mass is 10.3. The summed E-state index contributed by atoms with van der Waals surface area (Å²) in [6, 6.07) is 0. The first-order valence-electron chi connectivity index (χ1n) is 4.42. The molecular formula is C10H17O3. The largest absolute Gasteiger partial charge is 0.423 e. The molecule has 0 saturated carbocycles. The number of rotatable bonds is 6. The lowest BCUT2D eigenvalue weighted by molar-refractivity contribution is -0.148. The van der Waals surface area contributed by atoms with Crippen molar-refractivity contribution in [1.82, 2.24) is 0 Å². The second-order valence-corrected chi connectivity index (χ2v) is 2.86. The van der Waals surface area contributed by atoms with Gasteiger partial charge < -0.3 is 9.47 Å². The third-order valence-corrected chi connectivity index (χ3v) is 1.39. The molecule has 0 saturated heterocycles. The van der Waals surface area contributed by atoms with Gasteiger partial charge in [0.1, 0.15) is 0 Å². The Kier molecular flexibility index (Phi) is 6.24. The summed E-state index contributed by atoms with van der Waals surface area (Å²) in [5, 5.41) is 0. The van der Waals surface area contributed by atoms with Crippen LogP contribution in [0, 0.1) is 6.29 Å². The molecule has 0 aromatic heterocycles. The number of carbonyl (C=O) groups is 1. The van der Waals surface area contributed by atoms with Crippen molar-refractivity contribution < 1.29 is 14.3 Å². The fourth-order valence-electron chi connectivity index (χ4n) is 0.607. The van der Waals surface area contributed by atoms with Crippen LogP contribution >= 0.6 is 0 Å². The molecule has 0 rings (SSSR count). The topological polar surface area (TPSA) is 35.5 Å². The fourth-order valence-corrected chi connectivity index (χ4v) is 0.607. The van der Waals surface area contributed by atoms with E-state index >= 15 is 0 Å². The Morgan fingerprint density at radius 3 is 2.46 bits per heavy atom. The van der Waals surface area contributed by atoms with E-state index in [0.717, 1.165) is 12.8 Å². The van der Waals surface area contributed by atoms with E-state index in [1.165, 1.54) is 0 Å². The van der Waals surface area contributed by atoms with Gasteiger partial charge >= 0.3 is 5.97 Å². The zero-order valence-electron chi connectivity index (χ0n) is 8.55.